The summed E-state index contributed by atoms with van der Waals surface area (Å²) in [7, 11) is 1.48. The Labute approximate surface area is 121 Å². The molecule has 1 aliphatic rings. The highest BCUT2D eigenvalue weighted by Gasteiger charge is 2.30. The van der Waals surface area contributed by atoms with Gasteiger partial charge in [0, 0.05) is 12.1 Å². The number of rotatable bonds is 3. The van der Waals surface area contributed by atoms with E-state index in [0.29, 0.717) is 27.1 Å². The minimum atomic E-state index is -0.125. The molecule has 100 valence electrons. The highest BCUT2D eigenvalue weighted by Crippen LogP contribution is 2.36. The topological polar surface area (TPSA) is 49.8 Å². The second-order valence-electron chi connectivity index (χ2n) is 3.82. The molecule has 0 saturated carbocycles. The van der Waals surface area contributed by atoms with Gasteiger partial charge in [-0.1, -0.05) is 36.1 Å². The van der Waals surface area contributed by atoms with Crippen molar-refractivity contribution in [3.05, 3.63) is 28.7 Å². The van der Waals surface area contributed by atoms with Crippen LogP contribution in [0, 0.1) is 0 Å². The normalized spacial score (nSPS) is 17.4. The number of hydrogen-bond donors (Lipinski definition) is 1. The quantitative estimate of drug-likeness (QED) is 0.686. The molecule has 0 spiro atoms. The fraction of sp³-hybridized carbons (Fsp3) is 0.231. The van der Waals surface area contributed by atoms with E-state index in [1.807, 2.05) is 6.92 Å². The number of benzene rings is 1. The minimum Gasteiger partial charge on any atom is -0.504 e. The fourth-order valence-corrected chi connectivity index (χ4v) is 3.11. The summed E-state index contributed by atoms with van der Waals surface area (Å²) in [6.45, 7) is 2.42. The van der Waals surface area contributed by atoms with Crippen molar-refractivity contribution in [1.82, 2.24) is 4.90 Å². The van der Waals surface area contributed by atoms with Crippen molar-refractivity contribution in [1.29, 1.82) is 0 Å². The number of amides is 1. The lowest BCUT2D eigenvalue weighted by molar-refractivity contribution is -0.121. The van der Waals surface area contributed by atoms with E-state index in [2.05, 4.69) is 0 Å². The first-order valence-electron chi connectivity index (χ1n) is 5.69. The SMILES string of the molecule is CCN1C(=O)/C(=C/c2cccc(OC)c2O)SC1=S. The second kappa shape index (κ2) is 5.63. The van der Waals surface area contributed by atoms with Crippen LogP contribution in [0.15, 0.2) is 23.1 Å². The zero-order valence-electron chi connectivity index (χ0n) is 10.5. The number of methoxy groups -OCH3 is 1. The molecule has 19 heavy (non-hydrogen) atoms. The van der Waals surface area contributed by atoms with Gasteiger partial charge in [-0.25, -0.2) is 0 Å². The standard InChI is InChI=1S/C13H13NO3S2/c1-3-14-12(16)10(19-13(14)18)7-8-5-4-6-9(17-2)11(8)15/h4-7,15H,3H2,1-2H3/b10-7-. The molecule has 6 heteroatoms. The number of carbonyl (C=O) groups excluding carboxylic acids is 1. The number of ether oxygens (including phenoxy) is 1. The van der Waals surface area contributed by atoms with E-state index in [4.69, 9.17) is 17.0 Å². The maximum atomic E-state index is 12.1. The summed E-state index contributed by atoms with van der Waals surface area (Å²) in [5.74, 6) is 0.270. The lowest BCUT2D eigenvalue weighted by atomic mass is 10.1. The first-order valence-corrected chi connectivity index (χ1v) is 6.92. The lowest BCUT2D eigenvalue weighted by Crippen LogP contribution is -2.27. The monoisotopic (exact) mass is 295 g/mol. The Hall–Kier alpha value is -1.53. The third-order valence-corrected chi connectivity index (χ3v) is 4.10. The molecule has 1 fully saturated rings. The Bertz CT molecular complexity index is 569. The molecule has 0 aliphatic carbocycles. The molecular formula is C13H13NO3S2. The number of thiocarbonyl (C=S) groups is 1. The maximum absolute atomic E-state index is 12.1. The Balaban J connectivity index is 2.38. The average molecular weight is 295 g/mol. The Morgan fingerprint density at radius 3 is 2.84 bits per heavy atom. The molecular weight excluding hydrogens is 282 g/mol. The molecule has 0 unspecified atom stereocenters. The first kappa shape index (κ1) is 13.9. The van der Waals surface area contributed by atoms with Gasteiger partial charge in [0.2, 0.25) is 0 Å². The molecule has 1 N–H and O–H groups in total. The molecule has 4 nitrogen and oxygen atoms in total. The van der Waals surface area contributed by atoms with E-state index >= 15 is 0 Å². The highest BCUT2D eigenvalue weighted by atomic mass is 32.2. The van der Waals surface area contributed by atoms with Crippen LogP contribution in [0.2, 0.25) is 0 Å². The lowest BCUT2D eigenvalue weighted by Gasteiger charge is -2.09. The van der Waals surface area contributed by atoms with E-state index in [-0.39, 0.29) is 11.7 Å². The molecule has 1 aromatic rings. The van der Waals surface area contributed by atoms with Crippen LogP contribution in [-0.4, -0.2) is 33.9 Å². The number of phenols is 1. The Morgan fingerprint density at radius 1 is 1.53 bits per heavy atom. The molecule has 2 rings (SSSR count). The smallest absolute Gasteiger partial charge is 0.266 e. The molecule has 0 radical (unpaired) electrons. The summed E-state index contributed by atoms with van der Waals surface area (Å²) in [6.07, 6.45) is 1.63. The number of phenolic OH excluding ortho intramolecular Hbond substituents is 1. The highest BCUT2D eigenvalue weighted by molar-refractivity contribution is 8.26. The summed E-state index contributed by atoms with van der Waals surface area (Å²) in [5.41, 5.74) is 0.538. The van der Waals surface area contributed by atoms with E-state index in [9.17, 15) is 9.90 Å². The molecule has 0 aromatic heterocycles. The molecule has 1 saturated heterocycles. The predicted molar refractivity (Wildman–Crippen MR) is 80.2 cm³/mol. The number of thioether (sulfide) groups is 1. The van der Waals surface area contributed by atoms with Crippen molar-refractivity contribution in [2.24, 2.45) is 0 Å². The van der Waals surface area contributed by atoms with Gasteiger partial charge in [-0.05, 0) is 19.1 Å². The van der Waals surface area contributed by atoms with Gasteiger partial charge in [0.25, 0.3) is 5.91 Å². The molecule has 1 amide bonds. The van der Waals surface area contributed by atoms with Crippen LogP contribution in [-0.2, 0) is 4.79 Å². The third kappa shape index (κ3) is 2.59. The molecule has 1 aromatic carbocycles. The average Bonchev–Trinajstić information content (AvgIpc) is 2.66. The van der Waals surface area contributed by atoms with Crippen LogP contribution < -0.4 is 4.74 Å². The van der Waals surface area contributed by atoms with Crippen LogP contribution >= 0.6 is 24.0 Å². The summed E-state index contributed by atoms with van der Waals surface area (Å²) in [6, 6.07) is 5.13. The number of hydrogen-bond acceptors (Lipinski definition) is 5. The predicted octanol–water partition coefficient (Wildman–Crippen LogP) is 2.62. The van der Waals surface area contributed by atoms with Gasteiger partial charge < -0.3 is 9.84 Å². The van der Waals surface area contributed by atoms with Gasteiger partial charge >= 0.3 is 0 Å². The van der Waals surface area contributed by atoms with Gasteiger partial charge in [-0.3, -0.25) is 9.69 Å². The van der Waals surface area contributed by atoms with E-state index in [1.165, 1.54) is 23.8 Å². The van der Waals surface area contributed by atoms with E-state index in [0.717, 1.165) is 0 Å². The maximum Gasteiger partial charge on any atom is 0.266 e. The number of carbonyl (C=O) groups is 1. The Kier molecular flexibility index (Phi) is 4.11. The van der Waals surface area contributed by atoms with Crippen LogP contribution in [0.5, 0.6) is 11.5 Å². The fourth-order valence-electron chi connectivity index (χ4n) is 1.73. The van der Waals surface area contributed by atoms with Gasteiger partial charge in [0.1, 0.15) is 4.32 Å². The molecule has 0 bridgehead atoms. The van der Waals surface area contributed by atoms with Crippen LogP contribution in [0.1, 0.15) is 12.5 Å². The summed E-state index contributed by atoms with van der Waals surface area (Å²) >= 11 is 6.37. The van der Waals surface area contributed by atoms with Crippen LogP contribution in [0.25, 0.3) is 6.08 Å². The van der Waals surface area contributed by atoms with Crippen molar-refractivity contribution >= 4 is 40.3 Å². The van der Waals surface area contributed by atoms with Crippen molar-refractivity contribution < 1.29 is 14.6 Å². The van der Waals surface area contributed by atoms with Gasteiger partial charge in [0.05, 0.1) is 12.0 Å². The largest absolute Gasteiger partial charge is 0.504 e. The third-order valence-electron chi connectivity index (χ3n) is 2.73. The number of nitrogens with zero attached hydrogens (tertiary/aromatic N) is 1. The van der Waals surface area contributed by atoms with Crippen molar-refractivity contribution in [2.75, 3.05) is 13.7 Å². The van der Waals surface area contributed by atoms with Crippen molar-refractivity contribution in [3.8, 4) is 11.5 Å². The second-order valence-corrected chi connectivity index (χ2v) is 5.50. The van der Waals surface area contributed by atoms with Crippen LogP contribution in [0.4, 0.5) is 0 Å². The van der Waals surface area contributed by atoms with Gasteiger partial charge in [-0.2, -0.15) is 0 Å². The molecule has 0 atom stereocenters. The van der Waals surface area contributed by atoms with Gasteiger partial charge in [-0.15, -0.1) is 0 Å². The van der Waals surface area contributed by atoms with Gasteiger partial charge in [0.15, 0.2) is 11.5 Å². The first-order chi connectivity index (χ1) is 9.08. The minimum absolute atomic E-state index is 0.0202. The molecule has 1 aliphatic heterocycles. The number of para-hydroxylation sites is 1. The van der Waals surface area contributed by atoms with E-state index in [1.54, 1.807) is 24.3 Å². The summed E-state index contributed by atoms with van der Waals surface area (Å²) in [4.78, 5) is 14.1. The zero-order valence-corrected chi connectivity index (χ0v) is 12.2. The Morgan fingerprint density at radius 2 is 2.26 bits per heavy atom. The van der Waals surface area contributed by atoms with Crippen molar-refractivity contribution in [3.63, 3.8) is 0 Å². The number of likely N-dealkylation sites (N-methyl/N-ethyl adjacent to an activating group) is 1. The van der Waals surface area contributed by atoms with E-state index < -0.39 is 0 Å². The number of aromatic hydroxyl groups is 1. The summed E-state index contributed by atoms with van der Waals surface area (Å²) in [5, 5.41) is 9.99. The molecule has 1 heterocycles. The van der Waals surface area contributed by atoms with Crippen molar-refractivity contribution in [2.45, 2.75) is 6.92 Å². The zero-order chi connectivity index (χ0) is 14.0. The summed E-state index contributed by atoms with van der Waals surface area (Å²) < 4.78 is 5.58. The van der Waals surface area contributed by atoms with Crippen LogP contribution in [0.3, 0.4) is 0 Å².